The molecule has 0 radical (unpaired) electrons. The number of ether oxygens (including phenoxy) is 10. The van der Waals surface area contributed by atoms with Crippen LogP contribution in [-0.2, 0) is 85.7 Å². The molecule has 18 heteroatoms. The van der Waals surface area contributed by atoms with Gasteiger partial charge in [-0.3, -0.25) is 38.4 Å². The van der Waals surface area contributed by atoms with Crippen LogP contribution in [0.25, 0.3) is 12.2 Å². The summed E-state index contributed by atoms with van der Waals surface area (Å²) < 4.78 is 59.5. The van der Waals surface area contributed by atoms with Crippen LogP contribution in [0.1, 0.15) is 151 Å². The van der Waals surface area contributed by atoms with Crippen molar-refractivity contribution in [2.45, 2.75) is 179 Å². The van der Waals surface area contributed by atoms with Gasteiger partial charge in [-0.25, -0.2) is 0 Å². The van der Waals surface area contributed by atoms with Crippen molar-refractivity contribution in [1.29, 1.82) is 0 Å². The molecule has 0 aromatic heterocycles. The molecule has 2 fully saturated rings. The van der Waals surface area contributed by atoms with Gasteiger partial charge in [0.15, 0.2) is 36.6 Å². The van der Waals surface area contributed by atoms with E-state index in [1.165, 1.54) is 13.8 Å². The summed E-state index contributed by atoms with van der Waals surface area (Å²) in [5.74, 6) is -5.35. The van der Waals surface area contributed by atoms with Gasteiger partial charge in [0.2, 0.25) is 0 Å². The summed E-state index contributed by atoms with van der Waals surface area (Å²) in [5.41, 5.74) is -0.800. The van der Waals surface area contributed by atoms with Crippen molar-refractivity contribution in [1.82, 2.24) is 0 Å². The van der Waals surface area contributed by atoms with E-state index in [4.69, 9.17) is 47.4 Å². The standard InChI is InChI=1S/C55H74O18/c1-29-26-35(19-18-34-20-23-36(24-21-34)40-44(67-32(4)58)46(68-33(5)59)42(66-31(3)57)38(69-40)27-64-30(2)56)22-25-37(29)41-45(72-50(62)54(12,13)14)47(73-51(63)55(15,16)17)43(71-49(61)53(9,10)11)39(70-41)28-65-48(60)52(6,7)8/h18-26,38-47H,27-28H2,1-17H3/b19-18+/t38-,39-,40-,41-,42-,43-,44-,45-,46+,47+/m1/s1. The molecule has 0 bridgehead atoms. The molecule has 0 unspecified atom stereocenters. The van der Waals surface area contributed by atoms with Crippen molar-refractivity contribution in [2.75, 3.05) is 13.2 Å². The molecule has 0 N–H and O–H groups in total. The molecule has 2 saturated heterocycles. The number of carbonyl (C=O) groups is 8. The third-order valence-corrected chi connectivity index (χ3v) is 11.5. The lowest BCUT2D eigenvalue weighted by molar-refractivity contribution is -0.262. The van der Waals surface area contributed by atoms with Gasteiger partial charge >= 0.3 is 47.8 Å². The van der Waals surface area contributed by atoms with E-state index in [0.717, 1.165) is 25.0 Å². The minimum Gasteiger partial charge on any atom is -0.463 e. The van der Waals surface area contributed by atoms with Crippen LogP contribution in [0, 0.1) is 28.6 Å². The van der Waals surface area contributed by atoms with Crippen LogP contribution in [0.15, 0.2) is 42.5 Å². The molecule has 73 heavy (non-hydrogen) atoms. The van der Waals surface area contributed by atoms with Crippen LogP contribution in [0.3, 0.4) is 0 Å². The van der Waals surface area contributed by atoms with Crippen LogP contribution < -0.4 is 0 Å². The fraction of sp³-hybridized carbons (Fsp3) is 0.600. The molecule has 2 heterocycles. The quantitative estimate of drug-likeness (QED) is 0.0996. The molecule has 402 valence electrons. The second-order valence-electron chi connectivity index (χ2n) is 22.5. The summed E-state index contributed by atoms with van der Waals surface area (Å²) >= 11 is 0. The van der Waals surface area contributed by atoms with E-state index >= 15 is 0 Å². The molecule has 0 amide bonds. The maximum absolute atomic E-state index is 13.8. The number of hydrogen-bond acceptors (Lipinski definition) is 18. The zero-order chi connectivity index (χ0) is 55.1. The van der Waals surface area contributed by atoms with Crippen molar-refractivity contribution < 1.29 is 85.7 Å². The topological polar surface area (TPSA) is 229 Å². The molecule has 2 aromatic carbocycles. The molecule has 0 spiro atoms. The summed E-state index contributed by atoms with van der Waals surface area (Å²) in [6.07, 6.45) is -8.88. The van der Waals surface area contributed by atoms with Crippen molar-refractivity contribution in [3.63, 3.8) is 0 Å². The van der Waals surface area contributed by atoms with E-state index in [1.54, 1.807) is 113 Å². The normalized spacial score (nSPS) is 24.6. The monoisotopic (exact) mass is 1020 g/mol. The molecule has 0 aliphatic carbocycles. The van der Waals surface area contributed by atoms with Crippen molar-refractivity contribution in [3.8, 4) is 0 Å². The fourth-order valence-electron chi connectivity index (χ4n) is 7.59. The second kappa shape index (κ2) is 23.8. The molecule has 2 aromatic rings. The van der Waals surface area contributed by atoms with Crippen molar-refractivity contribution in [3.05, 3.63) is 70.3 Å². The van der Waals surface area contributed by atoms with Gasteiger partial charge in [0.25, 0.3) is 0 Å². The molecule has 2 aliphatic rings. The number of esters is 8. The van der Waals surface area contributed by atoms with Crippen molar-refractivity contribution in [2.24, 2.45) is 21.7 Å². The van der Waals surface area contributed by atoms with E-state index in [-0.39, 0.29) is 6.61 Å². The van der Waals surface area contributed by atoms with Crippen LogP contribution in [0.2, 0.25) is 0 Å². The predicted molar refractivity (Wildman–Crippen MR) is 263 cm³/mol. The number of hydrogen-bond donors (Lipinski definition) is 0. The molecule has 4 rings (SSSR count). The Bertz CT molecular complexity index is 2370. The molecule has 2 aliphatic heterocycles. The first-order valence-electron chi connectivity index (χ1n) is 24.2. The van der Waals surface area contributed by atoms with Crippen LogP contribution in [0.5, 0.6) is 0 Å². The largest absolute Gasteiger partial charge is 0.463 e. The average Bonchev–Trinajstić information content (AvgIpc) is 3.25. The minimum absolute atomic E-state index is 0.366. The Hall–Kier alpha value is -6.14. The highest BCUT2D eigenvalue weighted by molar-refractivity contribution is 5.78. The van der Waals surface area contributed by atoms with Gasteiger partial charge in [-0.05, 0) is 118 Å². The Morgan fingerprint density at radius 3 is 1.27 bits per heavy atom. The van der Waals surface area contributed by atoms with Gasteiger partial charge in [-0.2, -0.15) is 0 Å². The zero-order valence-corrected chi connectivity index (χ0v) is 45.2. The maximum Gasteiger partial charge on any atom is 0.311 e. The van der Waals surface area contributed by atoms with Crippen LogP contribution in [-0.4, -0.2) is 110 Å². The summed E-state index contributed by atoms with van der Waals surface area (Å²) in [5, 5.41) is 0. The van der Waals surface area contributed by atoms with Gasteiger partial charge in [0, 0.05) is 27.7 Å². The zero-order valence-electron chi connectivity index (χ0n) is 45.2. The van der Waals surface area contributed by atoms with E-state index in [1.807, 2.05) is 31.2 Å². The Labute approximate surface area is 428 Å². The van der Waals surface area contributed by atoms with E-state index in [2.05, 4.69) is 0 Å². The first-order chi connectivity index (χ1) is 33.6. The lowest BCUT2D eigenvalue weighted by Gasteiger charge is -2.46. The number of rotatable bonds is 14. The summed E-state index contributed by atoms with van der Waals surface area (Å²) in [7, 11) is 0. The summed E-state index contributed by atoms with van der Waals surface area (Å²) in [6.45, 7) is 25.8. The Morgan fingerprint density at radius 1 is 0.438 bits per heavy atom. The Kier molecular flexibility index (Phi) is 19.4. The SMILES string of the molecule is CC(=O)OC[C@H]1O[C@H](c2ccc(/C=C/c3ccc([C@H]4O[C@H](COC(=O)C(C)(C)C)[C@@H](OC(=O)C(C)(C)C)[C@H](OC(=O)C(C)(C)C)[C@@H]4OC(=O)C(C)(C)C)c(C)c3)cc2)[C@@H](OC(C)=O)[C@@H](OC(C)=O)[C@@H]1OC(C)=O. The van der Waals surface area contributed by atoms with E-state index < -0.39 is 137 Å². The first kappa shape index (κ1) is 59.4. The van der Waals surface area contributed by atoms with Gasteiger partial charge in [0.1, 0.15) is 37.6 Å². The highest BCUT2D eigenvalue weighted by Crippen LogP contribution is 2.42. The molecule has 18 nitrogen and oxygen atoms in total. The fourth-order valence-corrected chi connectivity index (χ4v) is 7.59. The first-order valence-corrected chi connectivity index (χ1v) is 24.2. The third-order valence-electron chi connectivity index (χ3n) is 11.5. The predicted octanol–water partition coefficient (Wildman–Crippen LogP) is 7.87. The molecular weight excluding hydrogens is 949 g/mol. The average molecular weight is 1020 g/mol. The number of benzene rings is 2. The molecular formula is C55H74O18. The molecule has 0 saturated carbocycles. The van der Waals surface area contributed by atoms with Crippen LogP contribution >= 0.6 is 0 Å². The number of aryl methyl sites for hydroxylation is 1. The second-order valence-corrected chi connectivity index (χ2v) is 22.5. The van der Waals surface area contributed by atoms with E-state index in [9.17, 15) is 38.4 Å². The van der Waals surface area contributed by atoms with Crippen LogP contribution in [0.4, 0.5) is 0 Å². The third kappa shape index (κ3) is 16.4. The smallest absolute Gasteiger partial charge is 0.311 e. The minimum atomic E-state index is -1.42. The lowest BCUT2D eigenvalue weighted by atomic mass is 9.87. The lowest BCUT2D eigenvalue weighted by Crippen LogP contribution is -2.61. The maximum atomic E-state index is 13.8. The van der Waals surface area contributed by atoms with Gasteiger partial charge in [-0.15, -0.1) is 0 Å². The summed E-state index contributed by atoms with van der Waals surface area (Å²) in [4.78, 5) is 103. The van der Waals surface area contributed by atoms with Gasteiger partial charge in [0.05, 0.1) is 21.7 Å². The van der Waals surface area contributed by atoms with Crippen molar-refractivity contribution >= 4 is 59.9 Å². The summed E-state index contributed by atoms with van der Waals surface area (Å²) in [6, 6.07) is 12.5. The van der Waals surface area contributed by atoms with Gasteiger partial charge < -0.3 is 47.4 Å². The Morgan fingerprint density at radius 2 is 0.808 bits per heavy atom. The Balaban J connectivity index is 1.77. The highest BCUT2D eigenvalue weighted by atomic mass is 16.7. The van der Waals surface area contributed by atoms with Gasteiger partial charge in [-0.1, -0.05) is 54.6 Å². The highest BCUT2D eigenvalue weighted by Gasteiger charge is 2.56. The van der Waals surface area contributed by atoms with E-state index in [0.29, 0.717) is 16.7 Å². The molecule has 10 atom stereocenters. The number of carbonyl (C=O) groups excluding carboxylic acids is 8.